The third-order valence-electron chi connectivity index (χ3n) is 4.23. The van der Waals surface area contributed by atoms with Crippen LogP contribution in [0, 0.1) is 12.1 Å². The Hall–Kier alpha value is -3.60. The van der Waals surface area contributed by atoms with Gasteiger partial charge in [0.15, 0.2) is 11.9 Å². The van der Waals surface area contributed by atoms with Crippen molar-refractivity contribution in [2.24, 2.45) is 0 Å². The molecule has 8 nitrogen and oxygen atoms in total. The maximum atomic E-state index is 12.3. The quantitative estimate of drug-likeness (QED) is 0.257. The summed E-state index contributed by atoms with van der Waals surface area (Å²) in [5, 5.41) is 20.0. The van der Waals surface area contributed by atoms with Crippen molar-refractivity contribution in [2.45, 2.75) is 19.8 Å². The number of nitrogens with zero attached hydrogens (tertiary/aromatic N) is 5. The summed E-state index contributed by atoms with van der Waals surface area (Å²) in [7, 11) is 0. The zero-order valence-electron chi connectivity index (χ0n) is 15.8. The number of hydrogen-bond acceptors (Lipinski definition) is 6. The summed E-state index contributed by atoms with van der Waals surface area (Å²) in [6.45, 7) is 2.15. The predicted octanol–water partition coefficient (Wildman–Crippen LogP) is 4.14. The smallest absolute Gasteiger partial charge is 0.573 e. The number of hydrogen-bond donors (Lipinski definition) is 0. The molecule has 4 rings (SSSR count). The maximum absolute atomic E-state index is 12.3. The standard InChI is InChI=1S/C19H13ClF3N5O3/c1-11-8-15(25-27(11)9-12-2-7-16(20)28(29)10-12)18-24-17(26-31-18)13-3-5-14(6-4-13)30-19(21,22)23/h2-8,10H,9H2,1H3. The first kappa shape index (κ1) is 20.7. The number of halogens is 4. The normalized spacial score (nSPS) is 11.6. The Labute approximate surface area is 178 Å². The van der Waals surface area contributed by atoms with Gasteiger partial charge in [0.2, 0.25) is 5.82 Å². The maximum Gasteiger partial charge on any atom is 0.573 e. The van der Waals surface area contributed by atoms with Crippen molar-refractivity contribution < 1.29 is 27.2 Å². The van der Waals surface area contributed by atoms with Crippen LogP contribution in [0.1, 0.15) is 11.3 Å². The fourth-order valence-electron chi connectivity index (χ4n) is 2.80. The second kappa shape index (κ2) is 7.91. The highest BCUT2D eigenvalue weighted by Gasteiger charge is 2.31. The number of ether oxygens (including phenoxy) is 1. The molecule has 0 spiro atoms. The summed E-state index contributed by atoms with van der Waals surface area (Å²) in [6.07, 6.45) is -3.41. The Morgan fingerprint density at radius 1 is 1.19 bits per heavy atom. The predicted molar refractivity (Wildman–Crippen MR) is 102 cm³/mol. The molecular weight excluding hydrogens is 439 g/mol. The molecule has 0 saturated carbocycles. The van der Waals surface area contributed by atoms with E-state index in [1.807, 2.05) is 6.92 Å². The van der Waals surface area contributed by atoms with Gasteiger partial charge >= 0.3 is 6.36 Å². The summed E-state index contributed by atoms with van der Waals surface area (Å²) in [4.78, 5) is 4.25. The van der Waals surface area contributed by atoms with E-state index in [4.69, 9.17) is 16.1 Å². The molecule has 0 fully saturated rings. The van der Waals surface area contributed by atoms with Gasteiger partial charge in [-0.2, -0.15) is 14.8 Å². The highest BCUT2D eigenvalue weighted by molar-refractivity contribution is 6.28. The first-order chi connectivity index (χ1) is 14.7. The zero-order valence-corrected chi connectivity index (χ0v) is 16.6. The van der Waals surface area contributed by atoms with Crippen LogP contribution in [0.2, 0.25) is 5.15 Å². The topological polar surface area (TPSA) is 92.9 Å². The molecule has 160 valence electrons. The fraction of sp³-hybridized carbons (Fsp3) is 0.158. The lowest BCUT2D eigenvalue weighted by Gasteiger charge is -2.08. The van der Waals surface area contributed by atoms with Crippen molar-refractivity contribution in [3.8, 4) is 28.7 Å². The molecule has 31 heavy (non-hydrogen) atoms. The van der Waals surface area contributed by atoms with Crippen molar-refractivity contribution in [3.63, 3.8) is 0 Å². The Morgan fingerprint density at radius 2 is 1.94 bits per heavy atom. The molecule has 0 atom stereocenters. The zero-order chi connectivity index (χ0) is 22.2. The SMILES string of the molecule is Cc1cc(-c2nc(-c3ccc(OC(F)(F)F)cc3)no2)nn1Cc1ccc(Cl)[n+]([O-])c1. The van der Waals surface area contributed by atoms with Crippen LogP contribution in [0.15, 0.2) is 53.2 Å². The molecule has 0 aliphatic carbocycles. The first-order valence-electron chi connectivity index (χ1n) is 8.80. The number of aromatic nitrogens is 5. The minimum absolute atomic E-state index is 0.0676. The van der Waals surface area contributed by atoms with Gasteiger partial charge in [0.25, 0.3) is 11.0 Å². The fourth-order valence-corrected chi connectivity index (χ4v) is 2.91. The number of rotatable bonds is 5. The molecule has 0 N–H and O–H groups in total. The van der Waals surface area contributed by atoms with Crippen LogP contribution in [0.4, 0.5) is 13.2 Å². The van der Waals surface area contributed by atoms with Crippen molar-refractivity contribution in [1.29, 1.82) is 0 Å². The lowest BCUT2D eigenvalue weighted by molar-refractivity contribution is -0.603. The van der Waals surface area contributed by atoms with Gasteiger partial charge in [-0.15, -0.1) is 13.2 Å². The molecule has 3 heterocycles. The second-order valence-electron chi connectivity index (χ2n) is 6.51. The molecule has 12 heteroatoms. The molecule has 0 aliphatic rings. The number of benzene rings is 1. The number of aryl methyl sites for hydroxylation is 1. The average molecular weight is 452 g/mol. The van der Waals surface area contributed by atoms with Gasteiger partial charge in [-0.05, 0) is 54.9 Å². The Morgan fingerprint density at radius 3 is 2.61 bits per heavy atom. The molecule has 0 amide bonds. The third-order valence-corrected chi connectivity index (χ3v) is 4.53. The highest BCUT2D eigenvalue weighted by atomic mass is 35.5. The van der Waals surface area contributed by atoms with Crippen LogP contribution in [-0.4, -0.2) is 26.3 Å². The molecule has 0 bridgehead atoms. The van der Waals surface area contributed by atoms with E-state index in [-0.39, 0.29) is 22.6 Å². The van der Waals surface area contributed by atoms with E-state index in [1.54, 1.807) is 16.8 Å². The molecule has 0 unspecified atom stereocenters. The summed E-state index contributed by atoms with van der Waals surface area (Å²) in [5.74, 6) is -0.0238. The van der Waals surface area contributed by atoms with E-state index in [9.17, 15) is 18.4 Å². The highest BCUT2D eigenvalue weighted by Crippen LogP contribution is 2.27. The monoisotopic (exact) mass is 451 g/mol. The minimum atomic E-state index is -4.77. The largest absolute Gasteiger partial charge is 0.618 e. The molecule has 1 aromatic carbocycles. The average Bonchev–Trinajstić information content (AvgIpc) is 3.32. The summed E-state index contributed by atoms with van der Waals surface area (Å²) in [6, 6.07) is 10.0. The minimum Gasteiger partial charge on any atom is -0.618 e. The lowest BCUT2D eigenvalue weighted by Crippen LogP contribution is -2.27. The molecular formula is C19H13ClF3N5O3. The lowest BCUT2D eigenvalue weighted by atomic mass is 10.2. The Bertz CT molecular complexity index is 1220. The van der Waals surface area contributed by atoms with Crippen molar-refractivity contribution >= 4 is 11.6 Å². The number of alkyl halides is 3. The number of pyridine rings is 1. The second-order valence-corrected chi connectivity index (χ2v) is 6.90. The van der Waals surface area contributed by atoms with Crippen molar-refractivity contribution in [3.05, 3.63) is 70.3 Å². The van der Waals surface area contributed by atoms with Gasteiger partial charge in [0.05, 0.1) is 6.54 Å². The van der Waals surface area contributed by atoms with E-state index in [1.165, 1.54) is 24.4 Å². The Kier molecular flexibility index (Phi) is 5.27. The molecule has 0 aliphatic heterocycles. The van der Waals surface area contributed by atoms with E-state index in [0.29, 0.717) is 28.1 Å². The molecule has 0 radical (unpaired) electrons. The van der Waals surface area contributed by atoms with E-state index >= 15 is 0 Å². The molecule has 0 saturated heterocycles. The van der Waals surface area contributed by atoms with E-state index < -0.39 is 6.36 Å². The van der Waals surface area contributed by atoms with Gasteiger partial charge < -0.3 is 14.5 Å². The third kappa shape index (κ3) is 4.77. The summed E-state index contributed by atoms with van der Waals surface area (Å²) >= 11 is 5.73. The van der Waals surface area contributed by atoms with Crippen LogP contribution in [-0.2, 0) is 6.54 Å². The van der Waals surface area contributed by atoms with E-state index in [2.05, 4.69) is 20.0 Å². The van der Waals surface area contributed by atoms with Gasteiger partial charge in [-0.1, -0.05) is 5.16 Å². The van der Waals surface area contributed by atoms with Gasteiger partial charge in [-0.3, -0.25) is 4.68 Å². The van der Waals surface area contributed by atoms with Gasteiger partial charge in [0.1, 0.15) is 5.75 Å². The van der Waals surface area contributed by atoms with Gasteiger partial charge in [0, 0.05) is 22.9 Å². The van der Waals surface area contributed by atoms with Crippen LogP contribution in [0.3, 0.4) is 0 Å². The van der Waals surface area contributed by atoms with Crippen molar-refractivity contribution in [2.75, 3.05) is 0 Å². The van der Waals surface area contributed by atoms with Crippen LogP contribution < -0.4 is 9.47 Å². The van der Waals surface area contributed by atoms with Crippen LogP contribution in [0.5, 0.6) is 5.75 Å². The van der Waals surface area contributed by atoms with Crippen LogP contribution >= 0.6 is 11.6 Å². The summed E-state index contributed by atoms with van der Waals surface area (Å²) < 4.78 is 48.1. The van der Waals surface area contributed by atoms with Crippen molar-refractivity contribution in [1.82, 2.24) is 19.9 Å². The molecule has 3 aromatic heterocycles. The van der Waals surface area contributed by atoms with E-state index in [0.717, 1.165) is 17.8 Å². The molecule has 4 aromatic rings. The van der Waals surface area contributed by atoms with Gasteiger partial charge in [-0.25, -0.2) is 0 Å². The van der Waals surface area contributed by atoms with Crippen LogP contribution in [0.25, 0.3) is 23.0 Å². The first-order valence-corrected chi connectivity index (χ1v) is 9.18. The summed E-state index contributed by atoms with van der Waals surface area (Å²) in [5.41, 5.74) is 2.35. The Balaban J connectivity index is 1.53.